The van der Waals surface area contributed by atoms with E-state index in [1.807, 2.05) is 30.0 Å². The van der Waals surface area contributed by atoms with E-state index in [0.717, 1.165) is 22.8 Å². The van der Waals surface area contributed by atoms with Crippen LogP contribution in [-0.4, -0.2) is 25.7 Å². The molecule has 108 valence electrons. The van der Waals surface area contributed by atoms with Gasteiger partial charge in [0.1, 0.15) is 11.5 Å². The summed E-state index contributed by atoms with van der Waals surface area (Å²) < 4.78 is 10.6. The second-order valence-electron chi connectivity index (χ2n) is 4.50. The fraction of sp³-hybridized carbons (Fsp3) is 0.600. The number of methoxy groups -OCH3 is 2. The molecule has 0 heterocycles. The van der Waals surface area contributed by atoms with Crippen molar-refractivity contribution in [3.63, 3.8) is 0 Å². The SMILES string of the molecule is CCCCCSCC(N)c1ccc(OC)cc1OC. The van der Waals surface area contributed by atoms with Crippen LogP contribution in [-0.2, 0) is 0 Å². The van der Waals surface area contributed by atoms with Gasteiger partial charge in [-0.2, -0.15) is 11.8 Å². The third-order valence-electron chi connectivity index (χ3n) is 3.03. The molecule has 1 aromatic rings. The molecule has 1 aromatic carbocycles. The largest absolute Gasteiger partial charge is 0.497 e. The molecule has 0 aliphatic carbocycles. The average molecular weight is 283 g/mol. The van der Waals surface area contributed by atoms with Crippen LogP contribution in [0, 0.1) is 0 Å². The van der Waals surface area contributed by atoms with E-state index in [-0.39, 0.29) is 6.04 Å². The standard InChI is InChI=1S/C15H25NO2S/c1-4-5-6-9-19-11-14(16)13-8-7-12(17-2)10-15(13)18-3/h7-8,10,14H,4-6,9,11,16H2,1-3H3. The van der Waals surface area contributed by atoms with Crippen molar-refractivity contribution in [1.82, 2.24) is 0 Å². The molecule has 0 aromatic heterocycles. The third kappa shape index (κ3) is 5.33. The summed E-state index contributed by atoms with van der Waals surface area (Å²) in [6, 6.07) is 5.82. The van der Waals surface area contributed by atoms with Crippen LogP contribution < -0.4 is 15.2 Å². The lowest BCUT2D eigenvalue weighted by Crippen LogP contribution is -2.14. The number of ether oxygens (including phenoxy) is 2. The van der Waals surface area contributed by atoms with Gasteiger partial charge in [0.15, 0.2) is 0 Å². The smallest absolute Gasteiger partial charge is 0.127 e. The van der Waals surface area contributed by atoms with Crippen LogP contribution in [0.4, 0.5) is 0 Å². The van der Waals surface area contributed by atoms with Crippen molar-refractivity contribution in [2.75, 3.05) is 25.7 Å². The Bertz CT molecular complexity index is 371. The average Bonchev–Trinajstić information content (AvgIpc) is 2.46. The highest BCUT2D eigenvalue weighted by molar-refractivity contribution is 7.99. The van der Waals surface area contributed by atoms with Gasteiger partial charge in [0, 0.05) is 23.4 Å². The summed E-state index contributed by atoms with van der Waals surface area (Å²) in [7, 11) is 3.32. The second-order valence-corrected chi connectivity index (χ2v) is 5.65. The Hall–Kier alpha value is -0.870. The summed E-state index contributed by atoms with van der Waals surface area (Å²) in [4.78, 5) is 0. The predicted octanol–water partition coefficient (Wildman–Crippen LogP) is 3.63. The highest BCUT2D eigenvalue weighted by atomic mass is 32.2. The molecule has 4 heteroatoms. The van der Waals surface area contributed by atoms with E-state index >= 15 is 0 Å². The summed E-state index contributed by atoms with van der Waals surface area (Å²) in [6.45, 7) is 2.22. The number of benzene rings is 1. The zero-order valence-corrected chi connectivity index (χ0v) is 13.0. The molecule has 0 fully saturated rings. The van der Waals surface area contributed by atoms with Gasteiger partial charge in [-0.1, -0.05) is 25.8 Å². The van der Waals surface area contributed by atoms with Crippen LogP contribution in [0.15, 0.2) is 18.2 Å². The maximum absolute atomic E-state index is 6.24. The van der Waals surface area contributed by atoms with Crippen LogP contribution in [0.2, 0.25) is 0 Å². The van der Waals surface area contributed by atoms with Crippen molar-refractivity contribution < 1.29 is 9.47 Å². The molecule has 0 bridgehead atoms. The maximum Gasteiger partial charge on any atom is 0.127 e. The van der Waals surface area contributed by atoms with Gasteiger partial charge in [-0.3, -0.25) is 0 Å². The summed E-state index contributed by atoms with van der Waals surface area (Å²) >= 11 is 1.91. The Kier molecular flexibility index (Phi) is 7.75. The van der Waals surface area contributed by atoms with Crippen LogP contribution in [0.1, 0.15) is 37.8 Å². The van der Waals surface area contributed by atoms with E-state index in [1.54, 1.807) is 14.2 Å². The van der Waals surface area contributed by atoms with Gasteiger partial charge in [0.05, 0.1) is 14.2 Å². The first-order valence-corrected chi connectivity index (χ1v) is 7.93. The normalized spacial score (nSPS) is 12.2. The Morgan fingerprint density at radius 2 is 2.00 bits per heavy atom. The molecule has 19 heavy (non-hydrogen) atoms. The lowest BCUT2D eigenvalue weighted by atomic mass is 10.1. The highest BCUT2D eigenvalue weighted by Gasteiger charge is 2.12. The zero-order valence-electron chi connectivity index (χ0n) is 12.1. The summed E-state index contributed by atoms with van der Waals surface area (Å²) in [5.74, 6) is 3.70. The van der Waals surface area contributed by atoms with Crippen LogP contribution in [0.5, 0.6) is 11.5 Å². The molecule has 1 atom stereocenters. The lowest BCUT2D eigenvalue weighted by Gasteiger charge is -2.16. The Morgan fingerprint density at radius 1 is 1.21 bits per heavy atom. The van der Waals surface area contributed by atoms with Crippen LogP contribution >= 0.6 is 11.8 Å². The number of hydrogen-bond donors (Lipinski definition) is 1. The Morgan fingerprint density at radius 3 is 2.63 bits per heavy atom. The van der Waals surface area contributed by atoms with Gasteiger partial charge in [-0.25, -0.2) is 0 Å². The minimum Gasteiger partial charge on any atom is -0.497 e. The monoisotopic (exact) mass is 283 g/mol. The Labute approximate surface area is 120 Å². The molecule has 0 spiro atoms. The molecule has 2 N–H and O–H groups in total. The predicted molar refractivity (Wildman–Crippen MR) is 83.3 cm³/mol. The molecular formula is C15H25NO2S. The number of unbranched alkanes of at least 4 members (excludes halogenated alkanes) is 2. The first-order chi connectivity index (χ1) is 9.22. The minimum atomic E-state index is 0.00693. The molecule has 1 unspecified atom stereocenters. The molecule has 0 radical (unpaired) electrons. The van der Waals surface area contributed by atoms with Crippen molar-refractivity contribution >= 4 is 11.8 Å². The summed E-state index contributed by atoms with van der Waals surface area (Å²) in [6.07, 6.45) is 3.83. The van der Waals surface area contributed by atoms with E-state index in [1.165, 1.54) is 25.0 Å². The fourth-order valence-electron chi connectivity index (χ4n) is 1.88. The van der Waals surface area contributed by atoms with E-state index in [0.29, 0.717) is 0 Å². The van der Waals surface area contributed by atoms with Crippen molar-refractivity contribution in [3.8, 4) is 11.5 Å². The lowest BCUT2D eigenvalue weighted by molar-refractivity contribution is 0.389. The maximum atomic E-state index is 6.24. The molecule has 0 aliphatic heterocycles. The van der Waals surface area contributed by atoms with Crippen molar-refractivity contribution in [2.45, 2.75) is 32.2 Å². The highest BCUT2D eigenvalue weighted by Crippen LogP contribution is 2.30. The van der Waals surface area contributed by atoms with Crippen molar-refractivity contribution in [3.05, 3.63) is 23.8 Å². The zero-order chi connectivity index (χ0) is 14.1. The number of thioether (sulfide) groups is 1. The second kappa shape index (κ2) is 9.10. The fourth-order valence-corrected chi connectivity index (χ4v) is 2.89. The summed E-state index contributed by atoms with van der Waals surface area (Å²) in [5, 5.41) is 0. The van der Waals surface area contributed by atoms with Crippen LogP contribution in [0.25, 0.3) is 0 Å². The summed E-state index contributed by atoms with van der Waals surface area (Å²) in [5.41, 5.74) is 7.28. The van der Waals surface area contributed by atoms with Gasteiger partial charge in [-0.05, 0) is 18.2 Å². The molecule has 1 rings (SSSR count). The topological polar surface area (TPSA) is 44.5 Å². The number of rotatable bonds is 9. The molecule has 0 saturated heterocycles. The minimum absolute atomic E-state index is 0.00693. The first kappa shape index (κ1) is 16.2. The van der Waals surface area contributed by atoms with Crippen molar-refractivity contribution in [2.24, 2.45) is 5.73 Å². The van der Waals surface area contributed by atoms with Gasteiger partial charge in [0.25, 0.3) is 0 Å². The molecule has 0 aliphatic rings. The molecule has 0 saturated carbocycles. The van der Waals surface area contributed by atoms with E-state index in [9.17, 15) is 0 Å². The van der Waals surface area contributed by atoms with E-state index < -0.39 is 0 Å². The Balaban J connectivity index is 2.53. The van der Waals surface area contributed by atoms with E-state index in [2.05, 4.69) is 6.92 Å². The van der Waals surface area contributed by atoms with E-state index in [4.69, 9.17) is 15.2 Å². The van der Waals surface area contributed by atoms with Crippen molar-refractivity contribution in [1.29, 1.82) is 0 Å². The van der Waals surface area contributed by atoms with Gasteiger partial charge in [-0.15, -0.1) is 0 Å². The molecule has 0 amide bonds. The number of nitrogens with two attached hydrogens (primary N) is 1. The van der Waals surface area contributed by atoms with Gasteiger partial charge >= 0.3 is 0 Å². The van der Waals surface area contributed by atoms with Crippen LogP contribution in [0.3, 0.4) is 0 Å². The van der Waals surface area contributed by atoms with Gasteiger partial charge in [0.2, 0.25) is 0 Å². The molecule has 3 nitrogen and oxygen atoms in total. The third-order valence-corrected chi connectivity index (χ3v) is 4.20. The first-order valence-electron chi connectivity index (χ1n) is 6.78. The molecular weight excluding hydrogens is 258 g/mol. The number of hydrogen-bond acceptors (Lipinski definition) is 4. The van der Waals surface area contributed by atoms with Gasteiger partial charge < -0.3 is 15.2 Å². The quantitative estimate of drug-likeness (QED) is 0.703.